The number of hydrogen-bond donors (Lipinski definition) is 2. The van der Waals surface area contributed by atoms with Crippen molar-refractivity contribution in [3.8, 4) is 0 Å². The van der Waals surface area contributed by atoms with Gasteiger partial charge in [-0.05, 0) is 30.3 Å². The Hall–Kier alpha value is -1.37. The summed E-state index contributed by atoms with van der Waals surface area (Å²) < 4.78 is 25.1. The van der Waals surface area contributed by atoms with Gasteiger partial charge in [-0.15, -0.1) is 0 Å². The first-order valence-electron chi connectivity index (χ1n) is 5.87. The van der Waals surface area contributed by atoms with Crippen molar-refractivity contribution in [1.29, 1.82) is 0 Å². The van der Waals surface area contributed by atoms with Gasteiger partial charge < -0.3 is 11.1 Å². The van der Waals surface area contributed by atoms with E-state index in [1.807, 2.05) is 0 Å². The van der Waals surface area contributed by atoms with Crippen LogP contribution in [0, 0.1) is 0 Å². The van der Waals surface area contributed by atoms with Crippen molar-refractivity contribution in [1.82, 2.24) is 0 Å². The average molecular weight is 345 g/mol. The predicted molar refractivity (Wildman–Crippen MR) is 88.9 cm³/mol. The Morgan fingerprint density at radius 3 is 2.57 bits per heavy atom. The summed E-state index contributed by atoms with van der Waals surface area (Å²) in [6.07, 6.45) is 0. The molecule has 2 aromatic carbocycles. The average Bonchev–Trinajstić information content (AvgIpc) is 2.40. The molecule has 0 bridgehead atoms. The maximum atomic E-state index is 12.5. The lowest BCUT2D eigenvalue weighted by Crippen LogP contribution is -2.10. The summed E-state index contributed by atoms with van der Waals surface area (Å²) in [4.78, 5) is 0.669. The summed E-state index contributed by atoms with van der Waals surface area (Å²) >= 11 is 11.4. The minimum Gasteiger partial charge on any atom is -0.389 e. The van der Waals surface area contributed by atoms with Crippen molar-refractivity contribution in [2.24, 2.45) is 5.73 Å². The molecule has 0 unspecified atom stereocenters. The van der Waals surface area contributed by atoms with Crippen molar-refractivity contribution in [2.75, 3.05) is 5.32 Å². The molecule has 0 saturated carbocycles. The Labute approximate surface area is 135 Å². The molecule has 2 rings (SSSR count). The van der Waals surface area contributed by atoms with Gasteiger partial charge in [0, 0.05) is 16.1 Å². The van der Waals surface area contributed by atoms with Crippen LogP contribution < -0.4 is 11.1 Å². The van der Waals surface area contributed by atoms with Crippen LogP contribution in [0.15, 0.2) is 47.4 Å². The number of halogens is 3. The van der Waals surface area contributed by atoms with Gasteiger partial charge in [0.05, 0.1) is 10.7 Å². The summed E-state index contributed by atoms with van der Waals surface area (Å²) in [6.45, 7) is 0. The van der Waals surface area contributed by atoms with Crippen LogP contribution in [0.2, 0.25) is 5.02 Å². The summed E-state index contributed by atoms with van der Waals surface area (Å²) in [5.74, 6) is -2.48. The molecule has 7 heteroatoms. The van der Waals surface area contributed by atoms with E-state index >= 15 is 0 Å². The molecule has 0 aliphatic rings. The maximum absolute atomic E-state index is 12.5. The third-order valence-electron chi connectivity index (χ3n) is 2.62. The zero-order chi connectivity index (χ0) is 15.4. The molecule has 0 aromatic heterocycles. The first-order chi connectivity index (χ1) is 9.97. The number of benzene rings is 2. The second kappa shape index (κ2) is 7.06. The molecule has 0 saturated heterocycles. The van der Waals surface area contributed by atoms with Gasteiger partial charge in [0.1, 0.15) is 4.99 Å². The molecule has 110 valence electrons. The maximum Gasteiger partial charge on any atom is 0.288 e. The molecule has 0 aliphatic carbocycles. The fourth-order valence-corrected chi connectivity index (χ4v) is 2.83. The zero-order valence-electron chi connectivity index (χ0n) is 10.6. The van der Waals surface area contributed by atoms with E-state index in [0.29, 0.717) is 38.6 Å². The Morgan fingerprint density at radius 2 is 1.95 bits per heavy atom. The topological polar surface area (TPSA) is 38.0 Å². The number of alkyl halides is 2. The highest BCUT2D eigenvalue weighted by Gasteiger charge is 2.10. The summed E-state index contributed by atoms with van der Waals surface area (Å²) in [5.41, 5.74) is 7.37. The lowest BCUT2D eigenvalue weighted by molar-refractivity contribution is 0.252. The fourth-order valence-electron chi connectivity index (χ4n) is 1.72. The van der Waals surface area contributed by atoms with E-state index < -0.39 is 5.76 Å². The van der Waals surface area contributed by atoms with E-state index in [0.717, 1.165) is 0 Å². The number of rotatable bonds is 5. The molecule has 0 radical (unpaired) electrons. The number of hydrogen-bond acceptors (Lipinski definition) is 3. The number of thioether (sulfide) groups is 1. The molecule has 0 heterocycles. The summed E-state index contributed by atoms with van der Waals surface area (Å²) in [6, 6.07) is 11.9. The second-order valence-electron chi connectivity index (χ2n) is 4.06. The third-order valence-corrected chi connectivity index (χ3v) is 3.94. The fraction of sp³-hybridized carbons (Fsp3) is 0.0714. The van der Waals surface area contributed by atoms with Gasteiger partial charge in [0.15, 0.2) is 0 Å². The van der Waals surface area contributed by atoms with E-state index in [-0.39, 0.29) is 4.99 Å². The summed E-state index contributed by atoms with van der Waals surface area (Å²) in [5, 5.41) is 3.47. The molecule has 2 aromatic rings. The van der Waals surface area contributed by atoms with Gasteiger partial charge in [0.2, 0.25) is 0 Å². The Balaban J connectivity index is 2.26. The first-order valence-corrected chi connectivity index (χ1v) is 7.54. The molecule has 3 N–H and O–H groups in total. The highest BCUT2D eigenvalue weighted by atomic mass is 35.5. The Kier molecular flexibility index (Phi) is 5.39. The highest BCUT2D eigenvalue weighted by molar-refractivity contribution is 7.99. The minimum absolute atomic E-state index is 0.209. The molecular formula is C14H11ClF2N2S2. The number of anilines is 2. The van der Waals surface area contributed by atoms with Crippen LogP contribution in [0.5, 0.6) is 0 Å². The molecular weight excluding hydrogens is 334 g/mol. The minimum atomic E-state index is -2.48. The quantitative estimate of drug-likeness (QED) is 0.589. The molecule has 0 spiro atoms. The van der Waals surface area contributed by atoms with Gasteiger partial charge in [-0.25, -0.2) is 0 Å². The number of nitrogens with one attached hydrogen (secondary N) is 1. The third kappa shape index (κ3) is 4.30. The lowest BCUT2D eigenvalue weighted by Gasteiger charge is -2.12. The Morgan fingerprint density at radius 1 is 1.24 bits per heavy atom. The van der Waals surface area contributed by atoms with Crippen LogP contribution in [0.1, 0.15) is 5.56 Å². The lowest BCUT2D eigenvalue weighted by atomic mass is 10.2. The number of para-hydroxylation sites is 1. The predicted octanol–water partition coefficient (Wildman–Crippen LogP) is 5.03. The standard InChI is InChI=1S/C14H11ClF2N2S2/c15-10-7-8(5-6-9(10)13(18)20)19-11-3-1-2-4-12(11)21-14(16)17/h1-7,14,19H,(H2,18,20). The molecule has 0 amide bonds. The molecule has 0 fully saturated rings. The van der Waals surface area contributed by atoms with Crippen molar-refractivity contribution < 1.29 is 8.78 Å². The van der Waals surface area contributed by atoms with Crippen molar-refractivity contribution in [2.45, 2.75) is 10.7 Å². The van der Waals surface area contributed by atoms with Gasteiger partial charge in [-0.1, -0.05) is 47.7 Å². The van der Waals surface area contributed by atoms with Gasteiger partial charge in [0.25, 0.3) is 5.76 Å². The number of nitrogens with two attached hydrogens (primary N) is 1. The van der Waals surface area contributed by atoms with Crippen LogP contribution in [0.3, 0.4) is 0 Å². The second-order valence-corrected chi connectivity index (χ2v) is 5.94. The van der Waals surface area contributed by atoms with E-state index in [1.165, 1.54) is 0 Å². The van der Waals surface area contributed by atoms with Crippen LogP contribution >= 0.6 is 35.6 Å². The van der Waals surface area contributed by atoms with E-state index in [2.05, 4.69) is 5.32 Å². The van der Waals surface area contributed by atoms with Gasteiger partial charge >= 0.3 is 0 Å². The van der Waals surface area contributed by atoms with Crippen LogP contribution in [0.25, 0.3) is 0 Å². The van der Waals surface area contributed by atoms with Gasteiger partial charge in [-0.2, -0.15) is 8.78 Å². The normalized spacial score (nSPS) is 10.7. The van der Waals surface area contributed by atoms with Crippen LogP contribution in [-0.2, 0) is 0 Å². The molecule has 0 aliphatic heterocycles. The van der Waals surface area contributed by atoms with E-state index in [1.54, 1.807) is 42.5 Å². The largest absolute Gasteiger partial charge is 0.389 e. The van der Waals surface area contributed by atoms with Crippen LogP contribution in [-0.4, -0.2) is 10.7 Å². The van der Waals surface area contributed by atoms with Crippen molar-refractivity contribution in [3.05, 3.63) is 53.1 Å². The Bertz CT molecular complexity index is 665. The van der Waals surface area contributed by atoms with Gasteiger partial charge in [-0.3, -0.25) is 0 Å². The van der Waals surface area contributed by atoms with E-state index in [9.17, 15) is 8.78 Å². The number of thiocarbonyl (C=S) groups is 1. The highest BCUT2D eigenvalue weighted by Crippen LogP contribution is 2.34. The molecule has 0 atom stereocenters. The molecule has 21 heavy (non-hydrogen) atoms. The monoisotopic (exact) mass is 344 g/mol. The SMILES string of the molecule is NC(=S)c1ccc(Nc2ccccc2SC(F)F)cc1Cl. The first kappa shape index (κ1) is 16.0. The smallest absolute Gasteiger partial charge is 0.288 e. The van der Waals surface area contributed by atoms with Crippen molar-refractivity contribution >= 4 is 51.9 Å². The van der Waals surface area contributed by atoms with E-state index in [4.69, 9.17) is 29.6 Å². The van der Waals surface area contributed by atoms with Crippen molar-refractivity contribution in [3.63, 3.8) is 0 Å². The zero-order valence-corrected chi connectivity index (χ0v) is 13.0. The van der Waals surface area contributed by atoms with Crippen LogP contribution in [0.4, 0.5) is 20.2 Å². The molecule has 2 nitrogen and oxygen atoms in total. The summed E-state index contributed by atoms with van der Waals surface area (Å²) in [7, 11) is 0.